The van der Waals surface area contributed by atoms with Gasteiger partial charge in [0.15, 0.2) is 5.82 Å². The second kappa shape index (κ2) is 4.37. The van der Waals surface area contributed by atoms with Crippen molar-refractivity contribution >= 4 is 34.2 Å². The SMILES string of the molecule is C/C=C\C(=O)Nc1n[nH]c2cc(Cl)ccc12. The fraction of sp³-hybridized carbons (Fsp3) is 0.0909. The number of rotatable bonds is 2. The van der Waals surface area contributed by atoms with Crippen molar-refractivity contribution in [2.24, 2.45) is 0 Å². The molecular weight excluding hydrogens is 226 g/mol. The highest BCUT2D eigenvalue weighted by molar-refractivity contribution is 6.31. The first-order chi connectivity index (χ1) is 7.70. The summed E-state index contributed by atoms with van der Waals surface area (Å²) in [5.41, 5.74) is 0.795. The molecule has 2 N–H and O–H groups in total. The first kappa shape index (κ1) is 10.7. The molecule has 2 rings (SSSR count). The quantitative estimate of drug-likeness (QED) is 0.787. The predicted octanol–water partition coefficient (Wildman–Crippen LogP) is 2.73. The molecule has 0 unspecified atom stereocenters. The van der Waals surface area contributed by atoms with E-state index in [1.807, 2.05) is 6.07 Å². The van der Waals surface area contributed by atoms with Gasteiger partial charge in [-0.05, 0) is 31.2 Å². The lowest BCUT2D eigenvalue weighted by molar-refractivity contribution is -0.111. The fourth-order valence-electron chi connectivity index (χ4n) is 1.40. The van der Waals surface area contributed by atoms with Crippen LogP contribution in [-0.4, -0.2) is 16.1 Å². The van der Waals surface area contributed by atoms with Gasteiger partial charge < -0.3 is 5.32 Å². The Morgan fingerprint density at radius 2 is 2.38 bits per heavy atom. The number of nitrogens with one attached hydrogen (secondary N) is 2. The molecule has 0 aliphatic carbocycles. The van der Waals surface area contributed by atoms with Crippen LogP contribution in [0.5, 0.6) is 0 Å². The maximum Gasteiger partial charge on any atom is 0.249 e. The lowest BCUT2D eigenvalue weighted by Gasteiger charge is -1.97. The molecule has 0 bridgehead atoms. The summed E-state index contributed by atoms with van der Waals surface area (Å²) in [6.45, 7) is 1.78. The van der Waals surface area contributed by atoms with E-state index in [1.165, 1.54) is 6.08 Å². The van der Waals surface area contributed by atoms with E-state index in [-0.39, 0.29) is 5.91 Å². The number of amides is 1. The van der Waals surface area contributed by atoms with Crippen molar-refractivity contribution < 1.29 is 4.79 Å². The third-order valence-corrected chi connectivity index (χ3v) is 2.32. The summed E-state index contributed by atoms with van der Waals surface area (Å²) < 4.78 is 0. The third kappa shape index (κ3) is 2.06. The zero-order valence-corrected chi connectivity index (χ0v) is 9.38. The molecule has 0 aliphatic heterocycles. The zero-order chi connectivity index (χ0) is 11.5. The predicted molar refractivity (Wildman–Crippen MR) is 64.5 cm³/mol. The van der Waals surface area contributed by atoms with Crippen molar-refractivity contribution in [3.63, 3.8) is 0 Å². The summed E-state index contributed by atoms with van der Waals surface area (Å²) in [4.78, 5) is 11.3. The topological polar surface area (TPSA) is 57.8 Å². The average molecular weight is 236 g/mol. The number of anilines is 1. The maximum absolute atomic E-state index is 11.3. The van der Waals surface area contributed by atoms with Crippen LogP contribution in [0.25, 0.3) is 10.9 Å². The number of aromatic nitrogens is 2. The Morgan fingerprint density at radius 1 is 1.56 bits per heavy atom. The van der Waals surface area contributed by atoms with Crippen LogP contribution in [-0.2, 0) is 4.79 Å². The van der Waals surface area contributed by atoms with E-state index >= 15 is 0 Å². The molecule has 1 heterocycles. The highest BCUT2D eigenvalue weighted by Crippen LogP contribution is 2.23. The van der Waals surface area contributed by atoms with Gasteiger partial charge in [-0.2, -0.15) is 5.10 Å². The number of allylic oxidation sites excluding steroid dienone is 1. The Hall–Kier alpha value is -1.81. The molecule has 0 saturated heterocycles. The number of H-pyrrole nitrogens is 1. The standard InChI is InChI=1S/C11H10ClN3O/c1-2-3-10(16)13-11-8-5-4-7(12)6-9(8)14-15-11/h2-6H,1H3,(H2,13,14,15,16)/b3-2-. The Kier molecular flexibility index (Phi) is 2.92. The average Bonchev–Trinajstić information content (AvgIpc) is 2.61. The van der Waals surface area contributed by atoms with Gasteiger partial charge in [-0.3, -0.25) is 9.89 Å². The summed E-state index contributed by atoms with van der Waals surface area (Å²) >= 11 is 5.84. The molecule has 2 aromatic rings. The highest BCUT2D eigenvalue weighted by Gasteiger charge is 2.07. The number of fused-ring (bicyclic) bond motifs is 1. The molecule has 0 aliphatic rings. The molecule has 1 aromatic heterocycles. The van der Waals surface area contributed by atoms with Crippen LogP contribution in [0.15, 0.2) is 30.4 Å². The number of aromatic amines is 1. The number of halogens is 1. The van der Waals surface area contributed by atoms with Crippen LogP contribution in [0.1, 0.15) is 6.92 Å². The molecule has 5 heteroatoms. The summed E-state index contributed by atoms with van der Waals surface area (Å²) in [6, 6.07) is 5.33. The van der Waals surface area contributed by atoms with Gasteiger partial charge in [0.1, 0.15) is 0 Å². The Balaban J connectivity index is 2.35. The smallest absolute Gasteiger partial charge is 0.249 e. The number of hydrogen-bond donors (Lipinski definition) is 2. The molecular formula is C11H10ClN3O. The second-order valence-electron chi connectivity index (χ2n) is 3.25. The molecule has 4 nitrogen and oxygen atoms in total. The third-order valence-electron chi connectivity index (χ3n) is 2.08. The van der Waals surface area contributed by atoms with Crippen molar-refractivity contribution in [1.29, 1.82) is 0 Å². The van der Waals surface area contributed by atoms with Crippen LogP contribution in [0, 0.1) is 0 Å². The van der Waals surface area contributed by atoms with E-state index in [9.17, 15) is 4.79 Å². The number of nitrogens with zero attached hydrogens (tertiary/aromatic N) is 1. The summed E-state index contributed by atoms with van der Waals surface area (Å²) in [5.74, 6) is 0.306. The van der Waals surface area contributed by atoms with Crippen molar-refractivity contribution in [1.82, 2.24) is 10.2 Å². The van der Waals surface area contributed by atoms with Crippen LogP contribution in [0.3, 0.4) is 0 Å². The van der Waals surface area contributed by atoms with Crippen LogP contribution in [0.4, 0.5) is 5.82 Å². The van der Waals surface area contributed by atoms with Gasteiger partial charge in [0.2, 0.25) is 5.91 Å². The Morgan fingerprint density at radius 3 is 3.12 bits per heavy atom. The first-order valence-corrected chi connectivity index (χ1v) is 5.16. The lowest BCUT2D eigenvalue weighted by Crippen LogP contribution is -2.08. The van der Waals surface area contributed by atoms with Gasteiger partial charge in [-0.25, -0.2) is 0 Å². The number of carbonyl (C=O) groups excluding carboxylic acids is 1. The van der Waals surface area contributed by atoms with Crippen LogP contribution >= 0.6 is 11.6 Å². The van der Waals surface area contributed by atoms with Gasteiger partial charge >= 0.3 is 0 Å². The molecule has 0 atom stereocenters. The summed E-state index contributed by atoms with van der Waals surface area (Å²) in [7, 11) is 0. The normalized spacial score (nSPS) is 11.1. The summed E-state index contributed by atoms with van der Waals surface area (Å²) in [6.07, 6.45) is 3.11. The molecule has 16 heavy (non-hydrogen) atoms. The molecule has 1 amide bonds. The monoisotopic (exact) mass is 235 g/mol. The van der Waals surface area contributed by atoms with Crippen molar-refractivity contribution in [3.05, 3.63) is 35.4 Å². The lowest BCUT2D eigenvalue weighted by atomic mass is 10.2. The Bertz CT molecular complexity index is 559. The second-order valence-corrected chi connectivity index (χ2v) is 3.69. The molecule has 0 spiro atoms. The molecule has 0 radical (unpaired) electrons. The first-order valence-electron chi connectivity index (χ1n) is 4.78. The van der Waals surface area contributed by atoms with Crippen LogP contribution in [0.2, 0.25) is 5.02 Å². The summed E-state index contributed by atoms with van der Waals surface area (Å²) in [5, 5.41) is 10.9. The van der Waals surface area contributed by atoms with E-state index in [1.54, 1.807) is 25.1 Å². The van der Waals surface area contributed by atoms with E-state index in [0.717, 1.165) is 10.9 Å². The van der Waals surface area contributed by atoms with Gasteiger partial charge in [0.25, 0.3) is 0 Å². The maximum atomic E-state index is 11.3. The van der Waals surface area contributed by atoms with E-state index in [2.05, 4.69) is 15.5 Å². The van der Waals surface area contributed by atoms with Crippen molar-refractivity contribution in [3.8, 4) is 0 Å². The van der Waals surface area contributed by atoms with E-state index in [4.69, 9.17) is 11.6 Å². The molecule has 82 valence electrons. The van der Waals surface area contributed by atoms with E-state index in [0.29, 0.717) is 10.8 Å². The van der Waals surface area contributed by atoms with Gasteiger partial charge in [0, 0.05) is 10.4 Å². The van der Waals surface area contributed by atoms with Gasteiger partial charge in [-0.1, -0.05) is 17.7 Å². The van der Waals surface area contributed by atoms with Crippen molar-refractivity contribution in [2.45, 2.75) is 6.92 Å². The molecule has 1 aromatic carbocycles. The number of benzene rings is 1. The van der Waals surface area contributed by atoms with Gasteiger partial charge in [-0.15, -0.1) is 0 Å². The highest BCUT2D eigenvalue weighted by atomic mass is 35.5. The Labute approximate surface area is 97.3 Å². The number of hydrogen-bond acceptors (Lipinski definition) is 2. The van der Waals surface area contributed by atoms with E-state index < -0.39 is 0 Å². The largest absolute Gasteiger partial charge is 0.305 e. The minimum absolute atomic E-state index is 0.203. The van der Waals surface area contributed by atoms with Gasteiger partial charge in [0.05, 0.1) is 5.52 Å². The number of carbonyl (C=O) groups is 1. The molecule has 0 saturated carbocycles. The minimum Gasteiger partial charge on any atom is -0.305 e. The molecule has 0 fully saturated rings. The van der Waals surface area contributed by atoms with Crippen molar-refractivity contribution in [2.75, 3.05) is 5.32 Å². The fourth-order valence-corrected chi connectivity index (χ4v) is 1.57. The minimum atomic E-state index is -0.203. The van der Waals surface area contributed by atoms with Crippen LogP contribution < -0.4 is 5.32 Å². The zero-order valence-electron chi connectivity index (χ0n) is 8.62.